The summed E-state index contributed by atoms with van der Waals surface area (Å²) in [5.41, 5.74) is 3.28. The van der Waals surface area contributed by atoms with E-state index in [1.807, 2.05) is 39.0 Å². The Balaban J connectivity index is 2.13. The fourth-order valence-electron chi connectivity index (χ4n) is 3.76. The zero-order valence-corrected chi connectivity index (χ0v) is 20.6. The third-order valence-corrected chi connectivity index (χ3v) is 5.98. The van der Waals surface area contributed by atoms with Crippen molar-refractivity contribution < 1.29 is 14.6 Å². The number of nitrogens with one attached hydrogen (secondary N) is 2. The number of hydrogen-bond donors (Lipinski definition) is 3. The Morgan fingerprint density at radius 2 is 2.06 bits per heavy atom. The molecule has 1 saturated heterocycles. The topological polar surface area (TPSA) is 104 Å². The van der Waals surface area contributed by atoms with Crippen LogP contribution in [0.3, 0.4) is 0 Å². The number of nitrogens with zero attached hydrogens (tertiary/aromatic N) is 3. The summed E-state index contributed by atoms with van der Waals surface area (Å²) in [6.45, 7) is 7.78. The van der Waals surface area contributed by atoms with Crippen LogP contribution in [0.1, 0.15) is 51.2 Å². The van der Waals surface area contributed by atoms with Crippen LogP contribution in [0.25, 0.3) is 0 Å². The molecule has 2 aromatic rings. The Labute approximate surface area is 198 Å². The van der Waals surface area contributed by atoms with Crippen molar-refractivity contribution in [2.45, 2.75) is 46.0 Å². The largest absolute Gasteiger partial charge is 0.381 e. The SMILES string of the molecule is CCOC(O)c1cc(N2CCC(OC)CC2)c(C(=N)C(C)C)c(Nc2ccnc(Br)c2)n1. The summed E-state index contributed by atoms with van der Waals surface area (Å²) in [6.07, 6.45) is 2.58. The summed E-state index contributed by atoms with van der Waals surface area (Å²) in [5.74, 6) is 0.515. The van der Waals surface area contributed by atoms with Crippen molar-refractivity contribution in [2.75, 3.05) is 37.0 Å². The summed E-state index contributed by atoms with van der Waals surface area (Å²) in [7, 11) is 1.75. The van der Waals surface area contributed by atoms with E-state index in [1.54, 1.807) is 13.3 Å². The number of aromatic nitrogens is 2. The quantitative estimate of drug-likeness (QED) is 0.259. The molecular formula is C23H32BrN5O3. The normalized spacial score (nSPS) is 15.8. The van der Waals surface area contributed by atoms with Gasteiger partial charge in [-0.1, -0.05) is 13.8 Å². The van der Waals surface area contributed by atoms with Crippen molar-refractivity contribution in [1.82, 2.24) is 9.97 Å². The molecule has 0 radical (unpaired) electrons. The molecule has 1 fully saturated rings. The highest BCUT2D eigenvalue weighted by Crippen LogP contribution is 2.35. The maximum atomic E-state index is 10.6. The second-order valence-electron chi connectivity index (χ2n) is 8.08. The maximum absolute atomic E-state index is 10.6. The van der Waals surface area contributed by atoms with Gasteiger partial charge in [-0.3, -0.25) is 0 Å². The molecule has 1 unspecified atom stereocenters. The molecule has 3 heterocycles. The molecule has 1 aliphatic rings. The number of hydrogen-bond acceptors (Lipinski definition) is 8. The average Bonchev–Trinajstić information content (AvgIpc) is 2.78. The van der Waals surface area contributed by atoms with Crippen LogP contribution in [0.4, 0.5) is 17.2 Å². The monoisotopic (exact) mass is 505 g/mol. The van der Waals surface area contributed by atoms with E-state index in [0.29, 0.717) is 28.4 Å². The van der Waals surface area contributed by atoms with Crippen LogP contribution in [-0.4, -0.2) is 53.7 Å². The molecule has 3 rings (SSSR count). The van der Waals surface area contributed by atoms with Crippen LogP contribution >= 0.6 is 15.9 Å². The van der Waals surface area contributed by atoms with E-state index >= 15 is 0 Å². The van der Waals surface area contributed by atoms with Gasteiger partial charge < -0.3 is 30.2 Å². The Hall–Kier alpha value is -2.07. The maximum Gasteiger partial charge on any atom is 0.198 e. The van der Waals surface area contributed by atoms with E-state index in [2.05, 4.69) is 31.1 Å². The van der Waals surface area contributed by atoms with Gasteiger partial charge in [0.25, 0.3) is 0 Å². The molecule has 9 heteroatoms. The molecule has 174 valence electrons. The van der Waals surface area contributed by atoms with E-state index in [-0.39, 0.29) is 12.0 Å². The van der Waals surface area contributed by atoms with Gasteiger partial charge in [0.15, 0.2) is 6.29 Å². The van der Waals surface area contributed by atoms with Crippen LogP contribution in [-0.2, 0) is 9.47 Å². The van der Waals surface area contributed by atoms with Gasteiger partial charge in [0, 0.05) is 44.4 Å². The predicted molar refractivity (Wildman–Crippen MR) is 130 cm³/mol. The third kappa shape index (κ3) is 5.83. The Bertz CT molecular complexity index is 932. The molecule has 0 aliphatic carbocycles. The fourth-order valence-corrected chi connectivity index (χ4v) is 4.13. The number of piperidine rings is 1. The van der Waals surface area contributed by atoms with Gasteiger partial charge in [-0.2, -0.15) is 0 Å². The lowest BCUT2D eigenvalue weighted by atomic mass is 9.96. The van der Waals surface area contributed by atoms with Gasteiger partial charge in [-0.15, -0.1) is 0 Å². The fraction of sp³-hybridized carbons (Fsp3) is 0.522. The number of methoxy groups -OCH3 is 1. The summed E-state index contributed by atoms with van der Waals surface area (Å²) < 4.78 is 11.7. The first-order valence-corrected chi connectivity index (χ1v) is 11.7. The number of ether oxygens (including phenoxy) is 2. The van der Waals surface area contributed by atoms with Gasteiger partial charge in [-0.25, -0.2) is 9.97 Å². The van der Waals surface area contributed by atoms with Crippen LogP contribution in [0, 0.1) is 11.3 Å². The molecule has 32 heavy (non-hydrogen) atoms. The van der Waals surface area contributed by atoms with E-state index < -0.39 is 6.29 Å². The van der Waals surface area contributed by atoms with Gasteiger partial charge in [0.1, 0.15) is 16.1 Å². The second-order valence-corrected chi connectivity index (χ2v) is 8.89. The van der Waals surface area contributed by atoms with Crippen molar-refractivity contribution in [3.63, 3.8) is 0 Å². The molecule has 0 aromatic carbocycles. The zero-order valence-electron chi connectivity index (χ0n) is 19.1. The zero-order chi connectivity index (χ0) is 23.3. The average molecular weight is 506 g/mol. The van der Waals surface area contributed by atoms with Crippen molar-refractivity contribution in [3.8, 4) is 0 Å². The number of pyridine rings is 2. The number of rotatable bonds is 9. The summed E-state index contributed by atoms with van der Waals surface area (Å²) in [5, 5.41) is 22.8. The highest BCUT2D eigenvalue weighted by molar-refractivity contribution is 9.10. The highest BCUT2D eigenvalue weighted by atomic mass is 79.9. The lowest BCUT2D eigenvalue weighted by Gasteiger charge is -2.35. The molecule has 0 amide bonds. The Kier molecular flexibility index (Phi) is 8.58. The lowest BCUT2D eigenvalue weighted by molar-refractivity contribution is -0.101. The second kappa shape index (κ2) is 11.2. The first kappa shape index (κ1) is 24.6. The van der Waals surface area contributed by atoms with Crippen molar-refractivity contribution in [2.24, 2.45) is 5.92 Å². The molecule has 3 N–H and O–H groups in total. The highest BCUT2D eigenvalue weighted by Gasteiger charge is 2.27. The minimum Gasteiger partial charge on any atom is -0.381 e. The molecule has 2 aromatic heterocycles. The van der Waals surface area contributed by atoms with Crippen molar-refractivity contribution in [1.29, 1.82) is 5.41 Å². The minimum atomic E-state index is -1.15. The molecule has 0 saturated carbocycles. The van der Waals surface area contributed by atoms with E-state index in [4.69, 9.17) is 19.9 Å². The molecular weight excluding hydrogens is 474 g/mol. The molecule has 8 nitrogen and oxygen atoms in total. The van der Waals surface area contributed by atoms with Crippen LogP contribution in [0.15, 0.2) is 29.0 Å². The lowest BCUT2D eigenvalue weighted by Crippen LogP contribution is -2.38. The molecule has 0 bridgehead atoms. The summed E-state index contributed by atoms with van der Waals surface area (Å²) in [4.78, 5) is 11.1. The van der Waals surface area contributed by atoms with E-state index in [0.717, 1.165) is 42.9 Å². The van der Waals surface area contributed by atoms with Gasteiger partial charge >= 0.3 is 0 Å². The number of halogens is 1. The van der Waals surface area contributed by atoms with E-state index in [1.165, 1.54) is 0 Å². The van der Waals surface area contributed by atoms with Crippen LogP contribution < -0.4 is 10.2 Å². The number of anilines is 3. The number of aliphatic hydroxyl groups excluding tert-OH is 1. The van der Waals surface area contributed by atoms with Crippen LogP contribution in [0.5, 0.6) is 0 Å². The summed E-state index contributed by atoms with van der Waals surface area (Å²) >= 11 is 3.40. The van der Waals surface area contributed by atoms with Crippen molar-refractivity contribution >= 4 is 38.8 Å². The van der Waals surface area contributed by atoms with Crippen LogP contribution in [0.2, 0.25) is 0 Å². The predicted octanol–water partition coefficient (Wildman–Crippen LogP) is 4.65. The smallest absolute Gasteiger partial charge is 0.198 e. The molecule has 1 aliphatic heterocycles. The number of aliphatic hydroxyl groups is 1. The summed E-state index contributed by atoms with van der Waals surface area (Å²) in [6, 6.07) is 5.54. The van der Waals surface area contributed by atoms with Gasteiger partial charge in [0.2, 0.25) is 0 Å². The Morgan fingerprint density at radius 1 is 1.34 bits per heavy atom. The standard InChI is InChI=1S/C23H32BrN5O3/c1-5-32-23(30)17-13-18(29-10-7-16(31-4)8-11-29)20(21(25)14(2)3)22(28-17)27-15-6-9-26-19(24)12-15/h6,9,12-14,16,23,25,30H,5,7-8,10-11H2,1-4H3,(H,26,27,28). The van der Waals surface area contributed by atoms with Gasteiger partial charge in [0.05, 0.1) is 17.4 Å². The molecule has 1 atom stereocenters. The first-order chi connectivity index (χ1) is 15.3. The Morgan fingerprint density at radius 3 is 2.66 bits per heavy atom. The van der Waals surface area contributed by atoms with Gasteiger partial charge in [-0.05, 0) is 59.8 Å². The molecule has 0 spiro atoms. The minimum absolute atomic E-state index is 0.000504. The third-order valence-electron chi connectivity index (χ3n) is 5.55. The van der Waals surface area contributed by atoms with E-state index in [9.17, 15) is 5.11 Å². The van der Waals surface area contributed by atoms with Crippen molar-refractivity contribution in [3.05, 3.63) is 40.3 Å². The first-order valence-electron chi connectivity index (χ1n) is 10.9.